The highest BCUT2D eigenvalue weighted by Crippen LogP contribution is 2.39. The highest BCUT2D eigenvalue weighted by molar-refractivity contribution is 6.46. The van der Waals surface area contributed by atoms with Crippen molar-refractivity contribution in [3.05, 3.63) is 59.6 Å². The Morgan fingerprint density at radius 3 is 2.74 bits per heavy atom. The molecule has 1 aliphatic heterocycles. The Morgan fingerprint density at radius 2 is 2.07 bits per heavy atom. The number of ketones is 1. The van der Waals surface area contributed by atoms with Crippen molar-refractivity contribution in [2.45, 2.75) is 13.0 Å². The van der Waals surface area contributed by atoms with Gasteiger partial charge in [-0.3, -0.25) is 9.59 Å². The van der Waals surface area contributed by atoms with Crippen molar-refractivity contribution in [1.82, 2.24) is 4.90 Å². The van der Waals surface area contributed by atoms with Crippen LogP contribution >= 0.6 is 0 Å². The molecule has 0 radical (unpaired) electrons. The van der Waals surface area contributed by atoms with Gasteiger partial charge in [-0.1, -0.05) is 12.1 Å². The van der Waals surface area contributed by atoms with E-state index >= 15 is 0 Å². The summed E-state index contributed by atoms with van der Waals surface area (Å²) < 4.78 is 15.9. The SMILES string of the molecule is CCOc1cccc(C(O)=C2C(=O)C(=O)N(CCOC)[C@H]2c2ccco2)c1. The zero-order chi connectivity index (χ0) is 19.4. The lowest BCUT2D eigenvalue weighted by Gasteiger charge is -2.22. The van der Waals surface area contributed by atoms with E-state index in [2.05, 4.69) is 0 Å². The van der Waals surface area contributed by atoms with Crippen LogP contribution in [0.25, 0.3) is 5.76 Å². The van der Waals surface area contributed by atoms with E-state index in [0.717, 1.165) is 0 Å². The number of furan rings is 1. The van der Waals surface area contributed by atoms with E-state index in [4.69, 9.17) is 13.9 Å². The van der Waals surface area contributed by atoms with Crippen molar-refractivity contribution in [2.24, 2.45) is 0 Å². The van der Waals surface area contributed by atoms with Crippen molar-refractivity contribution in [3.63, 3.8) is 0 Å². The number of benzene rings is 1. The summed E-state index contributed by atoms with van der Waals surface area (Å²) in [6.07, 6.45) is 1.46. The molecule has 1 aromatic heterocycles. The summed E-state index contributed by atoms with van der Waals surface area (Å²) in [7, 11) is 1.51. The third-order valence-corrected chi connectivity index (χ3v) is 4.31. The minimum absolute atomic E-state index is 0.0142. The van der Waals surface area contributed by atoms with Gasteiger partial charge in [-0.15, -0.1) is 0 Å². The third kappa shape index (κ3) is 3.59. The molecule has 142 valence electrons. The Kier molecular flexibility index (Phi) is 5.61. The summed E-state index contributed by atoms with van der Waals surface area (Å²) in [4.78, 5) is 26.6. The summed E-state index contributed by atoms with van der Waals surface area (Å²) in [6, 6.07) is 9.26. The zero-order valence-electron chi connectivity index (χ0n) is 15.2. The minimum Gasteiger partial charge on any atom is -0.507 e. The van der Waals surface area contributed by atoms with Gasteiger partial charge in [-0.25, -0.2) is 0 Å². The van der Waals surface area contributed by atoms with Gasteiger partial charge in [0.15, 0.2) is 0 Å². The van der Waals surface area contributed by atoms with Crippen LogP contribution in [0.4, 0.5) is 0 Å². The second kappa shape index (κ2) is 8.09. The molecule has 1 aromatic carbocycles. The number of Topliss-reactive ketones (excluding diaryl/α,β-unsaturated/α-hetero) is 1. The first kappa shape index (κ1) is 18.7. The number of carbonyl (C=O) groups excluding carboxylic acids is 2. The highest BCUT2D eigenvalue weighted by Gasteiger charge is 2.47. The van der Waals surface area contributed by atoms with Gasteiger partial charge in [0.1, 0.15) is 23.3 Å². The smallest absolute Gasteiger partial charge is 0.295 e. The quantitative estimate of drug-likeness (QED) is 0.457. The molecule has 7 heteroatoms. The lowest BCUT2D eigenvalue weighted by Crippen LogP contribution is -2.32. The highest BCUT2D eigenvalue weighted by atomic mass is 16.5. The minimum atomic E-state index is -0.814. The molecule has 1 fully saturated rings. The number of ether oxygens (including phenoxy) is 2. The number of rotatable bonds is 7. The average molecular weight is 371 g/mol. The molecule has 0 saturated carbocycles. The first-order valence-corrected chi connectivity index (χ1v) is 8.62. The van der Waals surface area contributed by atoms with E-state index in [-0.39, 0.29) is 24.5 Å². The van der Waals surface area contributed by atoms with Gasteiger partial charge < -0.3 is 23.9 Å². The molecule has 3 rings (SSSR count). The van der Waals surface area contributed by atoms with Gasteiger partial charge in [-0.2, -0.15) is 0 Å². The first-order valence-electron chi connectivity index (χ1n) is 8.62. The normalized spacial score (nSPS) is 18.9. The number of carbonyl (C=O) groups is 2. The van der Waals surface area contributed by atoms with E-state index in [9.17, 15) is 14.7 Å². The number of aliphatic hydroxyl groups is 1. The molecular weight excluding hydrogens is 350 g/mol. The molecule has 27 heavy (non-hydrogen) atoms. The second-order valence-corrected chi connectivity index (χ2v) is 5.96. The lowest BCUT2D eigenvalue weighted by atomic mass is 9.99. The number of likely N-dealkylation sites (tertiary alicyclic amines) is 1. The summed E-state index contributed by atoms with van der Waals surface area (Å²) in [5, 5.41) is 10.9. The van der Waals surface area contributed by atoms with Crippen molar-refractivity contribution >= 4 is 17.4 Å². The predicted molar refractivity (Wildman–Crippen MR) is 97.2 cm³/mol. The van der Waals surface area contributed by atoms with Crippen molar-refractivity contribution in [3.8, 4) is 5.75 Å². The van der Waals surface area contributed by atoms with Crippen LogP contribution in [0.1, 0.15) is 24.3 Å². The Labute approximate surface area is 156 Å². The number of methoxy groups -OCH3 is 1. The van der Waals surface area contributed by atoms with Crippen molar-refractivity contribution < 1.29 is 28.6 Å². The van der Waals surface area contributed by atoms with Crippen LogP contribution in [0.3, 0.4) is 0 Å². The zero-order valence-corrected chi connectivity index (χ0v) is 15.2. The van der Waals surface area contributed by atoms with Crippen LogP contribution in [-0.2, 0) is 14.3 Å². The molecule has 2 aromatic rings. The summed E-state index contributed by atoms with van der Waals surface area (Å²) >= 11 is 0. The van der Waals surface area contributed by atoms with Crippen LogP contribution in [0.15, 0.2) is 52.7 Å². The molecule has 1 amide bonds. The lowest BCUT2D eigenvalue weighted by molar-refractivity contribution is -0.140. The Balaban J connectivity index is 2.10. The number of amides is 1. The number of nitrogens with zero attached hydrogens (tertiary/aromatic N) is 1. The van der Waals surface area contributed by atoms with Crippen LogP contribution in [0.2, 0.25) is 0 Å². The van der Waals surface area contributed by atoms with Crippen LogP contribution in [-0.4, -0.2) is 48.6 Å². The first-order chi connectivity index (χ1) is 13.1. The molecule has 0 spiro atoms. The molecule has 1 saturated heterocycles. The standard InChI is InChI=1S/C20H21NO6/c1-3-26-14-7-4-6-13(12-14)18(22)16-17(15-8-5-10-27-15)21(9-11-25-2)20(24)19(16)23/h4-8,10,12,17,22H,3,9,11H2,1-2H3/t17-/m0/s1. The van der Waals surface area contributed by atoms with Gasteiger partial charge in [0.05, 0.1) is 25.1 Å². The van der Waals surface area contributed by atoms with E-state index in [1.165, 1.54) is 18.3 Å². The van der Waals surface area contributed by atoms with Gasteiger partial charge in [0, 0.05) is 19.2 Å². The van der Waals surface area contributed by atoms with Crippen LogP contribution < -0.4 is 4.74 Å². The van der Waals surface area contributed by atoms with Crippen molar-refractivity contribution in [1.29, 1.82) is 0 Å². The number of hydrogen-bond acceptors (Lipinski definition) is 6. The van der Waals surface area contributed by atoms with Gasteiger partial charge in [-0.05, 0) is 31.2 Å². The Hall–Kier alpha value is -3.06. The molecule has 0 unspecified atom stereocenters. The van der Waals surface area contributed by atoms with E-state index < -0.39 is 17.7 Å². The van der Waals surface area contributed by atoms with E-state index in [1.54, 1.807) is 36.4 Å². The van der Waals surface area contributed by atoms with Crippen LogP contribution in [0.5, 0.6) is 5.75 Å². The maximum atomic E-state index is 12.7. The van der Waals surface area contributed by atoms with Gasteiger partial charge in [0.25, 0.3) is 11.7 Å². The second-order valence-electron chi connectivity index (χ2n) is 5.96. The predicted octanol–water partition coefficient (Wildman–Crippen LogP) is 2.75. The average Bonchev–Trinajstić information content (AvgIpc) is 3.28. The number of aliphatic hydroxyl groups excluding tert-OH is 1. The molecule has 0 bridgehead atoms. The fourth-order valence-corrected chi connectivity index (χ4v) is 3.10. The van der Waals surface area contributed by atoms with E-state index in [0.29, 0.717) is 23.7 Å². The monoisotopic (exact) mass is 371 g/mol. The maximum absolute atomic E-state index is 12.7. The molecule has 0 aliphatic carbocycles. The largest absolute Gasteiger partial charge is 0.507 e. The van der Waals surface area contributed by atoms with Crippen molar-refractivity contribution in [2.75, 3.05) is 26.9 Å². The molecule has 1 N–H and O–H groups in total. The molecular formula is C20H21NO6. The summed E-state index contributed by atoms with van der Waals surface area (Å²) in [6.45, 7) is 2.77. The Bertz CT molecular complexity index is 855. The molecule has 1 aliphatic rings. The van der Waals surface area contributed by atoms with Gasteiger partial charge >= 0.3 is 0 Å². The van der Waals surface area contributed by atoms with Crippen LogP contribution in [0, 0.1) is 0 Å². The molecule has 2 heterocycles. The van der Waals surface area contributed by atoms with E-state index in [1.807, 2.05) is 6.92 Å². The fraction of sp³-hybridized carbons (Fsp3) is 0.300. The Morgan fingerprint density at radius 1 is 1.26 bits per heavy atom. The third-order valence-electron chi connectivity index (χ3n) is 4.31. The topological polar surface area (TPSA) is 89.2 Å². The summed E-state index contributed by atoms with van der Waals surface area (Å²) in [5.41, 5.74) is 0.377. The number of hydrogen-bond donors (Lipinski definition) is 1. The fourth-order valence-electron chi connectivity index (χ4n) is 3.10. The maximum Gasteiger partial charge on any atom is 0.295 e. The molecule has 1 atom stereocenters. The molecule has 7 nitrogen and oxygen atoms in total. The van der Waals surface area contributed by atoms with Gasteiger partial charge in [0.2, 0.25) is 0 Å². The summed E-state index contributed by atoms with van der Waals surface area (Å²) in [5.74, 6) is -0.767.